The highest BCUT2D eigenvalue weighted by Gasteiger charge is 2.45. The van der Waals surface area contributed by atoms with Crippen LogP contribution in [0.25, 0.3) is 0 Å². The van der Waals surface area contributed by atoms with Gasteiger partial charge in [0.25, 0.3) is 0 Å². The van der Waals surface area contributed by atoms with Crippen LogP contribution in [0.15, 0.2) is 30.3 Å². The van der Waals surface area contributed by atoms with Crippen LogP contribution in [0.1, 0.15) is 29.6 Å². The summed E-state index contributed by atoms with van der Waals surface area (Å²) < 4.78 is 11.3. The minimum absolute atomic E-state index is 0.219. The van der Waals surface area contributed by atoms with Gasteiger partial charge in [0, 0.05) is 18.8 Å². The quantitative estimate of drug-likeness (QED) is 0.670. The molecule has 1 aliphatic carbocycles. The first-order valence-corrected chi connectivity index (χ1v) is 7.47. The van der Waals surface area contributed by atoms with Crippen LogP contribution in [0.3, 0.4) is 0 Å². The van der Waals surface area contributed by atoms with Crippen LogP contribution < -0.4 is 5.48 Å². The second-order valence-electron chi connectivity index (χ2n) is 5.63. The smallest absolute Gasteiger partial charge is 0.356 e. The Morgan fingerprint density at radius 1 is 1.27 bits per heavy atom. The van der Waals surface area contributed by atoms with Crippen LogP contribution in [0.2, 0.25) is 0 Å². The Morgan fingerprint density at radius 2 is 2.00 bits per heavy atom. The number of ether oxygens (including phenoxy) is 2. The van der Waals surface area contributed by atoms with Crippen molar-refractivity contribution in [2.45, 2.75) is 31.1 Å². The van der Waals surface area contributed by atoms with Crippen LogP contribution >= 0.6 is 0 Å². The van der Waals surface area contributed by atoms with Gasteiger partial charge in [-0.2, -0.15) is 0 Å². The lowest BCUT2D eigenvalue weighted by molar-refractivity contribution is -0.193. The predicted octanol–water partition coefficient (Wildman–Crippen LogP) is 1.46. The van der Waals surface area contributed by atoms with Gasteiger partial charge in [0.2, 0.25) is 0 Å². The molecule has 2 atom stereocenters. The fourth-order valence-electron chi connectivity index (χ4n) is 3.00. The molecule has 0 radical (unpaired) electrons. The molecule has 1 spiro atoms. The Balaban J connectivity index is 1.56. The largest absolute Gasteiger partial charge is 0.366 e. The molecule has 1 aliphatic heterocycles. The van der Waals surface area contributed by atoms with E-state index in [1.807, 2.05) is 6.07 Å². The first-order chi connectivity index (χ1) is 10.7. The lowest BCUT2D eigenvalue weighted by atomic mass is 9.82. The zero-order valence-corrected chi connectivity index (χ0v) is 12.2. The van der Waals surface area contributed by atoms with Crippen molar-refractivity contribution in [3.63, 3.8) is 0 Å². The first kappa shape index (κ1) is 15.1. The maximum Gasteiger partial charge on any atom is 0.356 e. The normalized spacial score (nSPS) is 26.7. The van der Waals surface area contributed by atoms with E-state index < -0.39 is 11.8 Å². The Bertz CT molecular complexity index is 527. The van der Waals surface area contributed by atoms with Gasteiger partial charge >= 0.3 is 5.97 Å². The maximum absolute atomic E-state index is 11.9. The zero-order valence-electron chi connectivity index (χ0n) is 12.2. The molecule has 0 unspecified atom stereocenters. The maximum atomic E-state index is 11.9. The Morgan fingerprint density at radius 3 is 2.68 bits per heavy atom. The number of rotatable bonds is 4. The lowest BCUT2D eigenvalue weighted by Gasteiger charge is -2.38. The summed E-state index contributed by atoms with van der Waals surface area (Å²) in [7, 11) is 0. The zero-order chi connectivity index (χ0) is 15.4. The van der Waals surface area contributed by atoms with Gasteiger partial charge < -0.3 is 19.1 Å². The molecule has 1 saturated heterocycles. The molecule has 118 valence electrons. The molecule has 1 heterocycles. The molecule has 1 aromatic rings. The fraction of sp³-hybridized carbons (Fsp3) is 0.500. The molecular formula is C16H19NO5. The van der Waals surface area contributed by atoms with Crippen LogP contribution in [-0.2, 0) is 19.1 Å². The number of hydrogen-bond donors (Lipinski definition) is 1. The van der Waals surface area contributed by atoms with Gasteiger partial charge in [0.05, 0.1) is 24.8 Å². The van der Waals surface area contributed by atoms with Gasteiger partial charge in [-0.1, -0.05) is 18.2 Å². The third-order valence-corrected chi connectivity index (χ3v) is 4.20. The van der Waals surface area contributed by atoms with Gasteiger partial charge in [-0.3, -0.25) is 0 Å². The summed E-state index contributed by atoms with van der Waals surface area (Å²) in [5.41, 5.74) is 3.20. The highest BCUT2D eigenvalue weighted by molar-refractivity contribution is 5.89. The SMILES string of the molecule is O=C[C@@H]1CC2(CC[C@H]1NOC(=O)c1ccccc1)OCCO2. The van der Waals surface area contributed by atoms with Gasteiger partial charge in [0.15, 0.2) is 5.79 Å². The molecule has 22 heavy (non-hydrogen) atoms. The van der Waals surface area contributed by atoms with Crippen molar-refractivity contribution in [1.29, 1.82) is 0 Å². The molecular weight excluding hydrogens is 286 g/mol. The van der Waals surface area contributed by atoms with Gasteiger partial charge in [-0.15, -0.1) is 5.48 Å². The molecule has 1 aromatic carbocycles. The summed E-state index contributed by atoms with van der Waals surface area (Å²) in [6.45, 7) is 1.12. The summed E-state index contributed by atoms with van der Waals surface area (Å²) in [6, 6.07) is 8.50. The molecule has 2 fully saturated rings. The summed E-state index contributed by atoms with van der Waals surface area (Å²) in [5, 5.41) is 0. The molecule has 0 aromatic heterocycles. The van der Waals surface area contributed by atoms with E-state index in [2.05, 4.69) is 5.48 Å². The molecule has 3 rings (SSSR count). The van der Waals surface area contributed by atoms with Crippen molar-refractivity contribution in [2.75, 3.05) is 13.2 Å². The molecule has 1 saturated carbocycles. The number of hydrogen-bond acceptors (Lipinski definition) is 6. The highest BCUT2D eigenvalue weighted by Crippen LogP contribution is 2.38. The molecule has 0 amide bonds. The van der Waals surface area contributed by atoms with E-state index in [1.54, 1.807) is 24.3 Å². The second-order valence-corrected chi connectivity index (χ2v) is 5.63. The molecule has 0 bridgehead atoms. The van der Waals surface area contributed by atoms with Crippen LogP contribution in [0, 0.1) is 5.92 Å². The standard InChI is InChI=1S/C16H19NO5/c18-11-13-10-16(20-8-9-21-16)7-6-14(13)17-22-15(19)12-4-2-1-3-5-12/h1-5,11,13-14,17H,6-10H2/t13-,14+/m0/s1. The fourth-order valence-corrected chi connectivity index (χ4v) is 3.00. The number of hydroxylamine groups is 1. The van der Waals surface area contributed by atoms with Gasteiger partial charge in [0.1, 0.15) is 6.29 Å². The van der Waals surface area contributed by atoms with E-state index in [0.29, 0.717) is 38.0 Å². The van der Waals surface area contributed by atoms with Crippen molar-refractivity contribution in [3.8, 4) is 0 Å². The number of aldehydes is 1. The average Bonchev–Trinajstić information content (AvgIpc) is 3.02. The van der Waals surface area contributed by atoms with E-state index in [1.165, 1.54) is 0 Å². The monoisotopic (exact) mass is 305 g/mol. The number of carbonyl (C=O) groups is 2. The van der Waals surface area contributed by atoms with E-state index in [9.17, 15) is 9.59 Å². The number of carbonyl (C=O) groups excluding carboxylic acids is 2. The van der Waals surface area contributed by atoms with Crippen LogP contribution in [-0.4, -0.2) is 37.3 Å². The minimum Gasteiger partial charge on any atom is -0.366 e. The predicted molar refractivity (Wildman–Crippen MR) is 76.8 cm³/mol. The minimum atomic E-state index is -0.632. The van der Waals surface area contributed by atoms with E-state index in [4.69, 9.17) is 14.3 Å². The van der Waals surface area contributed by atoms with Gasteiger partial charge in [-0.05, 0) is 18.6 Å². The third-order valence-electron chi connectivity index (χ3n) is 4.20. The Labute approximate surface area is 128 Å². The van der Waals surface area contributed by atoms with E-state index in [0.717, 1.165) is 6.29 Å². The van der Waals surface area contributed by atoms with Crippen molar-refractivity contribution >= 4 is 12.3 Å². The molecule has 6 nitrogen and oxygen atoms in total. The number of nitrogens with one attached hydrogen (secondary N) is 1. The average molecular weight is 305 g/mol. The van der Waals surface area contributed by atoms with E-state index >= 15 is 0 Å². The van der Waals surface area contributed by atoms with Crippen molar-refractivity contribution in [1.82, 2.24) is 5.48 Å². The number of benzene rings is 1. The second kappa shape index (κ2) is 6.56. The first-order valence-electron chi connectivity index (χ1n) is 7.47. The van der Waals surface area contributed by atoms with E-state index in [-0.39, 0.29) is 12.0 Å². The van der Waals surface area contributed by atoms with Crippen LogP contribution in [0.5, 0.6) is 0 Å². The topological polar surface area (TPSA) is 73.9 Å². The highest BCUT2D eigenvalue weighted by atomic mass is 16.7. The summed E-state index contributed by atoms with van der Waals surface area (Å²) in [4.78, 5) is 28.4. The third kappa shape index (κ3) is 3.19. The molecule has 2 aliphatic rings. The summed E-state index contributed by atoms with van der Waals surface area (Å²) in [5.74, 6) is -1.40. The Kier molecular flexibility index (Phi) is 4.52. The van der Waals surface area contributed by atoms with Crippen molar-refractivity contribution in [2.24, 2.45) is 5.92 Å². The van der Waals surface area contributed by atoms with Crippen LogP contribution in [0.4, 0.5) is 0 Å². The Hall–Kier alpha value is -1.76. The summed E-state index contributed by atoms with van der Waals surface area (Å²) in [6.07, 6.45) is 2.68. The van der Waals surface area contributed by atoms with Gasteiger partial charge in [-0.25, -0.2) is 4.79 Å². The molecule has 6 heteroatoms. The summed E-state index contributed by atoms with van der Waals surface area (Å²) >= 11 is 0. The van der Waals surface area contributed by atoms with Crippen molar-refractivity contribution < 1.29 is 23.9 Å². The molecule has 1 N–H and O–H groups in total. The van der Waals surface area contributed by atoms with Crippen molar-refractivity contribution in [3.05, 3.63) is 35.9 Å². The lowest BCUT2D eigenvalue weighted by Crippen LogP contribution is -2.49.